The van der Waals surface area contributed by atoms with Crippen molar-refractivity contribution in [3.05, 3.63) is 44.9 Å². The van der Waals surface area contributed by atoms with Crippen molar-refractivity contribution in [3.8, 4) is 0 Å². The van der Waals surface area contributed by atoms with Gasteiger partial charge in [-0.15, -0.1) is 10.2 Å². The number of aromatic nitrogens is 2. The van der Waals surface area contributed by atoms with Gasteiger partial charge in [-0.2, -0.15) is 0 Å². The Morgan fingerprint density at radius 1 is 1.21 bits per heavy atom. The highest BCUT2D eigenvalue weighted by Crippen LogP contribution is 2.16. The van der Waals surface area contributed by atoms with E-state index in [1.807, 2.05) is 24.3 Å². The molecule has 0 saturated carbocycles. The minimum absolute atomic E-state index is 0.705. The summed E-state index contributed by atoms with van der Waals surface area (Å²) < 4.78 is 4.97. The summed E-state index contributed by atoms with van der Waals surface area (Å²) in [4.78, 5) is 0. The topological polar surface area (TPSA) is 47.0 Å². The minimum Gasteiger partial charge on any atom is -0.383 e. The zero-order valence-corrected chi connectivity index (χ0v) is 12.3. The zero-order valence-electron chi connectivity index (χ0n) is 10.7. The second-order valence-electron chi connectivity index (χ2n) is 4.06. The van der Waals surface area contributed by atoms with Gasteiger partial charge < -0.3 is 10.1 Å². The third-order valence-electron chi connectivity index (χ3n) is 2.54. The first kappa shape index (κ1) is 14.4. The second kappa shape index (κ2) is 7.55. The van der Waals surface area contributed by atoms with Crippen LogP contribution in [0.25, 0.3) is 0 Å². The number of hydrogen-bond donors (Lipinski definition) is 1. The molecule has 0 radical (unpaired) electrons. The summed E-state index contributed by atoms with van der Waals surface area (Å²) in [6, 6.07) is 7.82. The summed E-state index contributed by atoms with van der Waals surface area (Å²) in [7, 11) is 1.69. The molecule has 0 atom stereocenters. The van der Waals surface area contributed by atoms with Gasteiger partial charge in [0, 0.05) is 31.6 Å². The predicted octanol–water partition coefficient (Wildman–Crippen LogP) is 2.52. The van der Waals surface area contributed by atoms with E-state index in [9.17, 15) is 0 Å². The van der Waals surface area contributed by atoms with E-state index >= 15 is 0 Å². The highest BCUT2D eigenvalue weighted by Gasteiger charge is 2.05. The molecule has 0 aliphatic carbocycles. The van der Waals surface area contributed by atoms with E-state index in [0.29, 0.717) is 6.61 Å². The van der Waals surface area contributed by atoms with Crippen LogP contribution in [0.2, 0.25) is 5.02 Å². The maximum atomic E-state index is 5.86. The second-order valence-corrected chi connectivity index (χ2v) is 5.65. The van der Waals surface area contributed by atoms with Gasteiger partial charge in [-0.25, -0.2) is 0 Å². The molecule has 102 valence electrons. The summed E-state index contributed by atoms with van der Waals surface area (Å²) in [5.41, 5.74) is 1.19. The van der Waals surface area contributed by atoms with E-state index in [1.54, 1.807) is 18.4 Å². The largest absolute Gasteiger partial charge is 0.383 e. The molecule has 2 aromatic rings. The van der Waals surface area contributed by atoms with E-state index in [-0.39, 0.29) is 0 Å². The van der Waals surface area contributed by atoms with Crippen LogP contribution < -0.4 is 5.32 Å². The van der Waals surface area contributed by atoms with Gasteiger partial charge in [0.1, 0.15) is 10.0 Å². The first-order chi connectivity index (χ1) is 9.28. The summed E-state index contributed by atoms with van der Waals surface area (Å²) in [5.74, 6) is 0. The van der Waals surface area contributed by atoms with Crippen molar-refractivity contribution in [3.63, 3.8) is 0 Å². The summed E-state index contributed by atoms with van der Waals surface area (Å²) >= 11 is 7.49. The first-order valence-electron chi connectivity index (χ1n) is 6.03. The van der Waals surface area contributed by atoms with E-state index in [1.165, 1.54) is 5.56 Å². The number of nitrogens with zero attached hydrogens (tertiary/aromatic N) is 2. The Bertz CT molecular complexity index is 501. The highest BCUT2D eigenvalue weighted by atomic mass is 35.5. The summed E-state index contributed by atoms with van der Waals surface area (Å²) in [6.45, 7) is 2.26. The summed E-state index contributed by atoms with van der Waals surface area (Å²) in [6.07, 6.45) is 0.799. The molecular weight excluding hydrogens is 282 g/mol. The highest BCUT2D eigenvalue weighted by molar-refractivity contribution is 7.11. The Labute approximate surface area is 121 Å². The lowest BCUT2D eigenvalue weighted by atomic mass is 10.2. The number of benzene rings is 1. The molecule has 1 N–H and O–H groups in total. The van der Waals surface area contributed by atoms with Gasteiger partial charge in [-0.3, -0.25) is 0 Å². The smallest absolute Gasteiger partial charge is 0.131 e. The molecule has 0 fully saturated rings. The van der Waals surface area contributed by atoms with E-state index in [4.69, 9.17) is 16.3 Å². The van der Waals surface area contributed by atoms with Crippen LogP contribution in [0.1, 0.15) is 15.6 Å². The molecule has 0 unspecified atom stereocenters. The lowest BCUT2D eigenvalue weighted by Gasteiger charge is -1.99. The fourth-order valence-corrected chi connectivity index (χ4v) is 2.55. The van der Waals surface area contributed by atoms with Crippen molar-refractivity contribution in [2.45, 2.75) is 13.0 Å². The molecule has 2 rings (SSSR count). The fourth-order valence-electron chi connectivity index (χ4n) is 1.58. The van der Waals surface area contributed by atoms with Gasteiger partial charge >= 0.3 is 0 Å². The normalized spacial score (nSPS) is 10.8. The number of nitrogens with one attached hydrogen (secondary N) is 1. The molecule has 1 aromatic carbocycles. The Kier molecular flexibility index (Phi) is 5.72. The van der Waals surface area contributed by atoms with Gasteiger partial charge in [-0.05, 0) is 17.7 Å². The molecule has 6 heteroatoms. The Hall–Kier alpha value is -1.01. The van der Waals surface area contributed by atoms with Gasteiger partial charge in [-0.1, -0.05) is 35.1 Å². The van der Waals surface area contributed by atoms with Crippen LogP contribution in [0.3, 0.4) is 0 Å². The zero-order chi connectivity index (χ0) is 13.5. The molecule has 4 nitrogen and oxygen atoms in total. The average Bonchev–Trinajstić information content (AvgIpc) is 2.85. The molecule has 0 amide bonds. The lowest BCUT2D eigenvalue weighted by Crippen LogP contribution is -2.18. The van der Waals surface area contributed by atoms with Crippen LogP contribution in [0.4, 0.5) is 0 Å². The van der Waals surface area contributed by atoms with Crippen LogP contribution in [-0.4, -0.2) is 30.5 Å². The van der Waals surface area contributed by atoms with Crippen LogP contribution in [0.5, 0.6) is 0 Å². The predicted molar refractivity (Wildman–Crippen MR) is 77.7 cm³/mol. The van der Waals surface area contributed by atoms with Gasteiger partial charge in [0.25, 0.3) is 0 Å². The minimum atomic E-state index is 0.705. The van der Waals surface area contributed by atoms with Crippen LogP contribution in [0, 0.1) is 0 Å². The van der Waals surface area contributed by atoms with Gasteiger partial charge in [0.15, 0.2) is 0 Å². The van der Waals surface area contributed by atoms with Crippen molar-refractivity contribution in [2.75, 3.05) is 20.3 Å². The van der Waals surface area contributed by atoms with Crippen LogP contribution >= 0.6 is 22.9 Å². The standard InChI is InChI=1S/C13H16ClN3OS/c1-18-7-6-15-9-13-17-16-12(19-13)8-10-2-4-11(14)5-3-10/h2-5,15H,6-9H2,1H3. The van der Waals surface area contributed by atoms with Crippen molar-refractivity contribution < 1.29 is 4.74 Å². The number of methoxy groups -OCH3 is 1. The number of ether oxygens (including phenoxy) is 1. The van der Waals surface area contributed by atoms with E-state index in [2.05, 4.69) is 15.5 Å². The molecule has 0 saturated heterocycles. The van der Waals surface area contributed by atoms with Crippen molar-refractivity contribution in [2.24, 2.45) is 0 Å². The molecule has 19 heavy (non-hydrogen) atoms. The maximum Gasteiger partial charge on any atom is 0.131 e. The van der Waals surface area contributed by atoms with Crippen LogP contribution in [0.15, 0.2) is 24.3 Å². The van der Waals surface area contributed by atoms with Crippen molar-refractivity contribution >= 4 is 22.9 Å². The number of halogens is 1. The fraction of sp³-hybridized carbons (Fsp3) is 0.385. The summed E-state index contributed by atoms with van der Waals surface area (Å²) in [5, 5.41) is 14.4. The van der Waals surface area contributed by atoms with Crippen molar-refractivity contribution in [1.82, 2.24) is 15.5 Å². The molecule has 1 aromatic heterocycles. The molecule has 0 aliphatic rings. The van der Waals surface area contributed by atoms with E-state index < -0.39 is 0 Å². The third-order valence-corrected chi connectivity index (χ3v) is 3.71. The molecule has 0 aliphatic heterocycles. The number of hydrogen-bond acceptors (Lipinski definition) is 5. The monoisotopic (exact) mass is 297 g/mol. The quantitative estimate of drug-likeness (QED) is 0.798. The maximum absolute atomic E-state index is 5.86. The third kappa shape index (κ3) is 4.87. The number of rotatable bonds is 7. The first-order valence-corrected chi connectivity index (χ1v) is 7.22. The average molecular weight is 298 g/mol. The molecule has 0 spiro atoms. The Morgan fingerprint density at radius 3 is 2.68 bits per heavy atom. The van der Waals surface area contributed by atoms with Crippen molar-refractivity contribution in [1.29, 1.82) is 0 Å². The van der Waals surface area contributed by atoms with Crippen LogP contribution in [-0.2, 0) is 17.7 Å². The Morgan fingerprint density at radius 2 is 1.95 bits per heavy atom. The SMILES string of the molecule is COCCNCc1nnc(Cc2ccc(Cl)cc2)s1. The van der Waals surface area contributed by atoms with Gasteiger partial charge in [0.2, 0.25) is 0 Å². The molecular formula is C13H16ClN3OS. The van der Waals surface area contributed by atoms with Gasteiger partial charge in [0.05, 0.1) is 6.61 Å². The molecule has 1 heterocycles. The molecule has 0 bridgehead atoms. The van der Waals surface area contributed by atoms with E-state index in [0.717, 1.165) is 34.5 Å². The lowest BCUT2D eigenvalue weighted by molar-refractivity contribution is 0.199. The Balaban J connectivity index is 1.85.